The fourth-order valence-electron chi connectivity index (χ4n) is 3.08. The first-order valence-electron chi connectivity index (χ1n) is 9.27. The molecule has 0 unspecified atom stereocenters. The molecule has 140 valence electrons. The summed E-state index contributed by atoms with van der Waals surface area (Å²) in [4.78, 5) is 26.0. The monoisotopic (exact) mass is 363 g/mol. The van der Waals surface area contributed by atoms with Crippen molar-refractivity contribution in [3.05, 3.63) is 71.3 Å². The Morgan fingerprint density at radius 2 is 1.85 bits per heavy atom. The molecule has 1 saturated heterocycles. The highest BCUT2D eigenvalue weighted by molar-refractivity contribution is 5.92. The molecule has 27 heavy (non-hydrogen) atoms. The zero-order chi connectivity index (χ0) is 19.1. The van der Waals surface area contributed by atoms with Gasteiger partial charge in [-0.2, -0.15) is 0 Å². The van der Waals surface area contributed by atoms with Crippen molar-refractivity contribution in [2.45, 2.75) is 26.3 Å². The van der Waals surface area contributed by atoms with E-state index in [2.05, 4.69) is 10.6 Å². The van der Waals surface area contributed by atoms with Gasteiger partial charge in [0.25, 0.3) is 0 Å². The van der Waals surface area contributed by atoms with E-state index in [-0.39, 0.29) is 11.9 Å². The molecule has 0 atom stereocenters. The lowest BCUT2D eigenvalue weighted by Gasteiger charge is -2.16. The summed E-state index contributed by atoms with van der Waals surface area (Å²) in [5.74, 6) is -0.150. The lowest BCUT2D eigenvalue weighted by Crippen LogP contribution is -2.32. The largest absolute Gasteiger partial charge is 0.348 e. The van der Waals surface area contributed by atoms with E-state index >= 15 is 0 Å². The number of rotatable bonds is 5. The second-order valence-electron chi connectivity index (χ2n) is 6.79. The summed E-state index contributed by atoms with van der Waals surface area (Å²) >= 11 is 0. The van der Waals surface area contributed by atoms with Gasteiger partial charge >= 0.3 is 6.03 Å². The molecule has 1 aliphatic heterocycles. The van der Waals surface area contributed by atoms with Crippen molar-refractivity contribution in [1.82, 2.24) is 10.2 Å². The van der Waals surface area contributed by atoms with Crippen molar-refractivity contribution < 1.29 is 9.59 Å². The van der Waals surface area contributed by atoms with Crippen molar-refractivity contribution in [3.8, 4) is 0 Å². The van der Waals surface area contributed by atoms with E-state index in [0.717, 1.165) is 48.3 Å². The number of carbonyl (C=O) groups excluding carboxylic acids is 2. The maximum Gasteiger partial charge on any atom is 0.321 e. The highest BCUT2D eigenvalue weighted by Gasteiger charge is 2.17. The highest BCUT2D eigenvalue weighted by atomic mass is 16.2. The smallest absolute Gasteiger partial charge is 0.321 e. The van der Waals surface area contributed by atoms with Crippen LogP contribution >= 0.6 is 0 Å². The number of anilines is 1. The number of likely N-dealkylation sites (tertiary alicyclic amines) is 1. The number of aryl methyl sites for hydroxylation is 1. The average molecular weight is 363 g/mol. The number of carbonyl (C=O) groups is 2. The Bertz CT molecular complexity index is 839. The van der Waals surface area contributed by atoms with Gasteiger partial charge in [-0.3, -0.25) is 4.79 Å². The first-order chi connectivity index (χ1) is 13.1. The molecule has 2 aromatic carbocycles. The zero-order valence-electron chi connectivity index (χ0n) is 15.6. The Labute approximate surface area is 160 Å². The minimum Gasteiger partial charge on any atom is -0.348 e. The van der Waals surface area contributed by atoms with Crippen LogP contribution in [0.4, 0.5) is 10.5 Å². The van der Waals surface area contributed by atoms with Crippen molar-refractivity contribution in [2.24, 2.45) is 0 Å². The third-order valence-corrected chi connectivity index (χ3v) is 4.51. The van der Waals surface area contributed by atoms with Gasteiger partial charge in [0.1, 0.15) is 0 Å². The van der Waals surface area contributed by atoms with Gasteiger partial charge in [0, 0.05) is 31.4 Å². The summed E-state index contributed by atoms with van der Waals surface area (Å²) in [6.07, 6.45) is 5.47. The Hall–Kier alpha value is -3.08. The predicted octanol–water partition coefficient (Wildman–Crippen LogP) is 3.95. The van der Waals surface area contributed by atoms with Crippen molar-refractivity contribution in [3.63, 3.8) is 0 Å². The second kappa shape index (κ2) is 9.03. The van der Waals surface area contributed by atoms with E-state index < -0.39 is 0 Å². The van der Waals surface area contributed by atoms with Crippen LogP contribution in [-0.2, 0) is 11.3 Å². The normalized spacial score (nSPS) is 13.7. The second-order valence-corrected chi connectivity index (χ2v) is 6.79. The Balaban J connectivity index is 1.51. The molecule has 5 heteroatoms. The van der Waals surface area contributed by atoms with Gasteiger partial charge in [-0.15, -0.1) is 0 Å². The molecule has 1 aliphatic rings. The maximum atomic E-state index is 12.2. The SMILES string of the molecule is Cc1cccc(/C=C/C(=O)NCc2cccc(NC(=O)N3CCCC3)c2)c1. The zero-order valence-corrected chi connectivity index (χ0v) is 15.6. The number of nitrogens with zero attached hydrogens (tertiary/aromatic N) is 1. The highest BCUT2D eigenvalue weighted by Crippen LogP contribution is 2.14. The Morgan fingerprint density at radius 3 is 2.63 bits per heavy atom. The third kappa shape index (κ3) is 5.71. The van der Waals surface area contributed by atoms with Crippen LogP contribution in [0.3, 0.4) is 0 Å². The van der Waals surface area contributed by atoms with Gasteiger partial charge in [-0.05, 0) is 49.1 Å². The van der Waals surface area contributed by atoms with E-state index in [1.165, 1.54) is 6.08 Å². The topological polar surface area (TPSA) is 61.4 Å². The van der Waals surface area contributed by atoms with Gasteiger partial charge in [0.15, 0.2) is 0 Å². The number of hydrogen-bond donors (Lipinski definition) is 2. The Morgan fingerprint density at radius 1 is 1.07 bits per heavy atom. The van der Waals surface area contributed by atoms with Gasteiger partial charge in [-0.1, -0.05) is 42.0 Å². The van der Waals surface area contributed by atoms with Crippen LogP contribution in [0.25, 0.3) is 6.08 Å². The number of amides is 3. The average Bonchev–Trinajstić information content (AvgIpc) is 3.20. The molecule has 0 aromatic heterocycles. The minimum atomic E-state index is -0.150. The van der Waals surface area contributed by atoms with Gasteiger partial charge in [-0.25, -0.2) is 4.79 Å². The molecule has 2 N–H and O–H groups in total. The summed E-state index contributed by atoms with van der Waals surface area (Å²) in [6.45, 7) is 4.06. The van der Waals surface area contributed by atoms with Gasteiger partial charge in [0.2, 0.25) is 5.91 Å². The molecule has 0 radical (unpaired) electrons. The first-order valence-corrected chi connectivity index (χ1v) is 9.27. The third-order valence-electron chi connectivity index (χ3n) is 4.51. The van der Waals surface area contributed by atoms with Crippen LogP contribution in [-0.4, -0.2) is 29.9 Å². The number of nitrogens with one attached hydrogen (secondary N) is 2. The quantitative estimate of drug-likeness (QED) is 0.790. The molecule has 0 aliphatic carbocycles. The van der Waals surface area contributed by atoms with Crippen LogP contribution in [0.2, 0.25) is 0 Å². The fraction of sp³-hybridized carbons (Fsp3) is 0.273. The molecule has 5 nitrogen and oxygen atoms in total. The molecule has 0 bridgehead atoms. The molecule has 3 amide bonds. The van der Waals surface area contributed by atoms with E-state index in [1.54, 1.807) is 6.08 Å². The van der Waals surface area contributed by atoms with Crippen LogP contribution < -0.4 is 10.6 Å². The summed E-state index contributed by atoms with van der Waals surface area (Å²) in [6, 6.07) is 15.5. The van der Waals surface area contributed by atoms with Crippen molar-refractivity contribution >= 4 is 23.7 Å². The molecule has 1 heterocycles. The van der Waals surface area contributed by atoms with Crippen molar-refractivity contribution in [1.29, 1.82) is 0 Å². The molecular weight excluding hydrogens is 338 g/mol. The van der Waals surface area contributed by atoms with E-state index in [9.17, 15) is 9.59 Å². The van der Waals surface area contributed by atoms with E-state index in [1.807, 2.05) is 60.4 Å². The van der Waals surface area contributed by atoms with Gasteiger partial charge in [0.05, 0.1) is 0 Å². The maximum absolute atomic E-state index is 12.2. The molecule has 0 spiro atoms. The molecular formula is C22H25N3O2. The van der Waals surface area contributed by atoms with Crippen LogP contribution in [0, 0.1) is 6.92 Å². The summed E-state index contributed by atoms with van der Waals surface area (Å²) in [7, 11) is 0. The van der Waals surface area contributed by atoms with Crippen molar-refractivity contribution in [2.75, 3.05) is 18.4 Å². The first kappa shape index (κ1) is 18.7. The summed E-state index contributed by atoms with van der Waals surface area (Å²) < 4.78 is 0. The minimum absolute atomic E-state index is 0.0604. The van der Waals surface area contributed by atoms with Crippen LogP contribution in [0.5, 0.6) is 0 Å². The molecule has 1 fully saturated rings. The van der Waals surface area contributed by atoms with Crippen LogP contribution in [0.1, 0.15) is 29.5 Å². The van der Waals surface area contributed by atoms with Gasteiger partial charge < -0.3 is 15.5 Å². The van der Waals surface area contributed by atoms with E-state index in [0.29, 0.717) is 6.54 Å². The molecule has 0 saturated carbocycles. The summed E-state index contributed by atoms with van der Waals surface area (Å²) in [5.41, 5.74) is 3.84. The molecule has 2 aromatic rings. The number of hydrogen-bond acceptors (Lipinski definition) is 2. The lowest BCUT2D eigenvalue weighted by atomic mass is 10.1. The molecule has 3 rings (SSSR count). The fourth-order valence-corrected chi connectivity index (χ4v) is 3.08. The number of urea groups is 1. The summed E-state index contributed by atoms with van der Waals surface area (Å²) in [5, 5.41) is 5.79. The predicted molar refractivity (Wildman–Crippen MR) is 108 cm³/mol. The lowest BCUT2D eigenvalue weighted by molar-refractivity contribution is -0.116. The Kier molecular flexibility index (Phi) is 6.26. The van der Waals surface area contributed by atoms with E-state index in [4.69, 9.17) is 0 Å². The van der Waals surface area contributed by atoms with Crippen LogP contribution in [0.15, 0.2) is 54.6 Å². The number of benzene rings is 2. The standard InChI is InChI=1S/C22H25N3O2/c1-17-6-4-7-18(14-17)10-11-21(26)23-16-19-8-5-9-20(15-19)24-22(27)25-12-2-3-13-25/h4-11,14-15H,2-3,12-13,16H2,1H3,(H,23,26)(H,24,27)/b11-10+.